The molecular formula is C28H27ClFN5O2. The first-order valence-corrected chi connectivity index (χ1v) is 12.8. The summed E-state index contributed by atoms with van der Waals surface area (Å²) in [6.45, 7) is 2.84. The van der Waals surface area contributed by atoms with Crippen LogP contribution in [0, 0.1) is 11.7 Å². The number of hydrogen-bond acceptors (Lipinski definition) is 5. The molecule has 0 N–H and O–H groups in total. The average Bonchev–Trinajstić information content (AvgIpc) is 3.04. The Balaban J connectivity index is 1.29. The highest BCUT2D eigenvalue weighted by Crippen LogP contribution is 2.32. The van der Waals surface area contributed by atoms with E-state index in [4.69, 9.17) is 21.3 Å². The number of halogens is 2. The van der Waals surface area contributed by atoms with Gasteiger partial charge in [0.1, 0.15) is 5.65 Å². The summed E-state index contributed by atoms with van der Waals surface area (Å²) in [5, 5.41) is 0.685. The van der Waals surface area contributed by atoms with E-state index in [1.54, 1.807) is 0 Å². The van der Waals surface area contributed by atoms with Crippen molar-refractivity contribution in [3.63, 3.8) is 0 Å². The molecule has 3 aliphatic rings. The number of methoxy groups -OCH3 is 1. The Labute approximate surface area is 219 Å². The second kappa shape index (κ2) is 9.76. The first kappa shape index (κ1) is 23.9. The van der Waals surface area contributed by atoms with Crippen LogP contribution in [-0.4, -0.2) is 62.9 Å². The van der Waals surface area contributed by atoms with Crippen LogP contribution < -0.4 is 4.74 Å². The molecule has 0 spiro atoms. The van der Waals surface area contributed by atoms with Crippen molar-refractivity contribution < 1.29 is 13.9 Å². The van der Waals surface area contributed by atoms with Gasteiger partial charge in [0.15, 0.2) is 11.5 Å². The summed E-state index contributed by atoms with van der Waals surface area (Å²) in [4.78, 5) is 26.7. The highest BCUT2D eigenvalue weighted by atomic mass is 35.5. The van der Waals surface area contributed by atoms with Gasteiger partial charge in [0.2, 0.25) is 5.88 Å². The standard InChI is InChI=1S/C28H27ClFN5O2/c1-37-25-12-11-22(30)27(32-25)28(36)35-15-18-5-10-21(35)16-33(14-18)17-23-26(19-6-8-20(29)9-7-19)31-24-4-2-3-13-34(23)24/h2-4,6-9,11-13,18,21H,5,10,14-17H2,1H3. The Morgan fingerprint density at radius 1 is 1.05 bits per heavy atom. The minimum Gasteiger partial charge on any atom is -0.481 e. The number of nitrogens with zero attached hydrogens (tertiary/aromatic N) is 5. The Morgan fingerprint density at radius 2 is 1.89 bits per heavy atom. The Bertz CT molecular complexity index is 1460. The zero-order valence-corrected chi connectivity index (χ0v) is 21.2. The number of aromatic nitrogens is 3. The van der Waals surface area contributed by atoms with Gasteiger partial charge >= 0.3 is 0 Å². The summed E-state index contributed by atoms with van der Waals surface area (Å²) < 4.78 is 21.8. The highest BCUT2D eigenvalue weighted by molar-refractivity contribution is 6.30. The normalized spacial score (nSPS) is 19.8. The second-order valence-electron chi connectivity index (χ2n) is 9.78. The number of carbonyl (C=O) groups is 1. The maximum absolute atomic E-state index is 14.6. The highest BCUT2D eigenvalue weighted by Gasteiger charge is 2.39. The van der Waals surface area contributed by atoms with Crippen LogP contribution in [0.2, 0.25) is 5.02 Å². The summed E-state index contributed by atoms with van der Waals surface area (Å²) in [5.74, 6) is -0.464. The molecule has 3 aromatic heterocycles. The number of hydrogen-bond donors (Lipinski definition) is 0. The van der Waals surface area contributed by atoms with Gasteiger partial charge in [-0.3, -0.25) is 9.69 Å². The molecule has 7 rings (SSSR count). The Kier molecular flexibility index (Phi) is 6.30. The number of carbonyl (C=O) groups excluding carboxylic acids is 1. The molecule has 2 atom stereocenters. The predicted octanol–water partition coefficient (Wildman–Crippen LogP) is 4.93. The fourth-order valence-corrected chi connectivity index (χ4v) is 5.76. The van der Waals surface area contributed by atoms with Gasteiger partial charge in [-0.05, 0) is 49.1 Å². The number of rotatable bonds is 5. The molecule has 3 aliphatic heterocycles. The average molecular weight is 520 g/mol. The number of ether oxygens (including phenoxy) is 1. The van der Waals surface area contributed by atoms with Gasteiger partial charge < -0.3 is 14.0 Å². The van der Waals surface area contributed by atoms with E-state index in [0.717, 1.165) is 42.0 Å². The monoisotopic (exact) mass is 519 g/mol. The van der Waals surface area contributed by atoms with Crippen LogP contribution in [0.25, 0.3) is 16.9 Å². The summed E-state index contributed by atoms with van der Waals surface area (Å²) in [7, 11) is 1.46. The molecule has 6 heterocycles. The number of imidazole rings is 1. The number of fused-ring (bicyclic) bond motifs is 5. The molecule has 7 nitrogen and oxygen atoms in total. The predicted molar refractivity (Wildman–Crippen MR) is 139 cm³/mol. The SMILES string of the molecule is COc1ccc(F)c(C(=O)N2CC3CCC2CN(Cc2c(-c4ccc(Cl)cc4)nc4ccccn24)C3)n1. The lowest BCUT2D eigenvalue weighted by Crippen LogP contribution is -2.47. The number of amides is 1. The lowest BCUT2D eigenvalue weighted by atomic mass is 9.94. The third-order valence-electron chi connectivity index (χ3n) is 7.40. The third-order valence-corrected chi connectivity index (χ3v) is 7.65. The molecule has 2 bridgehead atoms. The minimum absolute atomic E-state index is 0.0168. The molecule has 0 radical (unpaired) electrons. The van der Waals surface area contributed by atoms with Crippen LogP contribution in [0.4, 0.5) is 4.39 Å². The molecule has 4 aromatic rings. The first-order valence-electron chi connectivity index (χ1n) is 12.5. The van der Waals surface area contributed by atoms with Gasteiger partial charge in [0.05, 0.1) is 18.5 Å². The van der Waals surface area contributed by atoms with Crippen molar-refractivity contribution >= 4 is 23.2 Å². The van der Waals surface area contributed by atoms with Crippen LogP contribution in [0.1, 0.15) is 29.0 Å². The summed E-state index contributed by atoms with van der Waals surface area (Å²) in [6, 6.07) is 16.4. The number of benzene rings is 1. The van der Waals surface area contributed by atoms with Gasteiger partial charge in [-0.1, -0.05) is 29.8 Å². The smallest absolute Gasteiger partial charge is 0.275 e. The van der Waals surface area contributed by atoms with E-state index in [9.17, 15) is 9.18 Å². The molecule has 190 valence electrons. The van der Waals surface area contributed by atoms with Crippen molar-refractivity contribution in [2.24, 2.45) is 5.92 Å². The van der Waals surface area contributed by atoms with Crippen molar-refractivity contribution in [2.75, 3.05) is 26.7 Å². The van der Waals surface area contributed by atoms with E-state index in [1.165, 1.54) is 19.2 Å². The fraction of sp³-hybridized carbons (Fsp3) is 0.321. The molecule has 37 heavy (non-hydrogen) atoms. The summed E-state index contributed by atoms with van der Waals surface area (Å²) in [5.41, 5.74) is 3.74. The number of piperidine rings is 1. The van der Waals surface area contributed by atoms with Gasteiger partial charge in [0.25, 0.3) is 5.91 Å². The molecule has 1 amide bonds. The fourth-order valence-electron chi connectivity index (χ4n) is 5.63. The molecule has 3 saturated heterocycles. The van der Waals surface area contributed by atoms with Crippen LogP contribution in [0.5, 0.6) is 5.88 Å². The van der Waals surface area contributed by atoms with E-state index < -0.39 is 5.82 Å². The molecule has 3 fully saturated rings. The lowest BCUT2D eigenvalue weighted by Gasteiger charge is -2.36. The van der Waals surface area contributed by atoms with Crippen LogP contribution in [0.15, 0.2) is 60.8 Å². The van der Waals surface area contributed by atoms with Crippen molar-refractivity contribution in [1.82, 2.24) is 24.2 Å². The molecule has 9 heteroatoms. The maximum atomic E-state index is 14.6. The quantitative estimate of drug-likeness (QED) is 0.374. The molecule has 1 aromatic carbocycles. The van der Waals surface area contributed by atoms with Crippen LogP contribution in [-0.2, 0) is 6.54 Å². The van der Waals surface area contributed by atoms with Crippen LogP contribution >= 0.6 is 11.6 Å². The molecular weight excluding hydrogens is 493 g/mol. The van der Waals surface area contributed by atoms with E-state index in [-0.39, 0.29) is 23.5 Å². The van der Waals surface area contributed by atoms with Crippen LogP contribution in [0.3, 0.4) is 0 Å². The summed E-state index contributed by atoms with van der Waals surface area (Å²) >= 11 is 6.14. The topological polar surface area (TPSA) is 63.0 Å². The zero-order valence-electron chi connectivity index (χ0n) is 20.5. The van der Waals surface area contributed by atoms with Crippen molar-refractivity contribution in [1.29, 1.82) is 0 Å². The van der Waals surface area contributed by atoms with Gasteiger partial charge in [-0.15, -0.1) is 0 Å². The van der Waals surface area contributed by atoms with Crippen molar-refractivity contribution in [3.05, 3.63) is 83.0 Å². The summed E-state index contributed by atoms with van der Waals surface area (Å²) in [6.07, 6.45) is 3.96. The van der Waals surface area contributed by atoms with E-state index >= 15 is 0 Å². The minimum atomic E-state index is -0.624. The first-order chi connectivity index (χ1) is 18.0. The van der Waals surface area contributed by atoms with E-state index in [2.05, 4.69) is 14.3 Å². The Morgan fingerprint density at radius 3 is 2.70 bits per heavy atom. The Hall–Kier alpha value is -3.49. The zero-order chi connectivity index (χ0) is 25.5. The van der Waals surface area contributed by atoms with Gasteiger partial charge in [-0.2, -0.15) is 0 Å². The molecule has 0 saturated carbocycles. The van der Waals surface area contributed by atoms with Gasteiger partial charge in [-0.25, -0.2) is 14.4 Å². The third kappa shape index (κ3) is 4.55. The lowest BCUT2D eigenvalue weighted by molar-refractivity contribution is 0.0572. The van der Waals surface area contributed by atoms with E-state index in [0.29, 0.717) is 30.6 Å². The van der Waals surface area contributed by atoms with Crippen molar-refractivity contribution in [2.45, 2.75) is 25.4 Å². The number of pyridine rings is 2. The molecule has 0 aliphatic carbocycles. The van der Waals surface area contributed by atoms with Crippen molar-refractivity contribution in [3.8, 4) is 17.1 Å². The second-order valence-corrected chi connectivity index (χ2v) is 10.2. The van der Waals surface area contributed by atoms with Gasteiger partial charge in [0, 0.05) is 55.1 Å². The van der Waals surface area contributed by atoms with E-state index in [1.807, 2.05) is 53.6 Å². The maximum Gasteiger partial charge on any atom is 0.275 e. The largest absolute Gasteiger partial charge is 0.481 e. The molecule has 2 unspecified atom stereocenters.